The van der Waals surface area contributed by atoms with Crippen LogP contribution >= 0.6 is 0 Å². The van der Waals surface area contributed by atoms with Gasteiger partial charge in [-0.3, -0.25) is 9.69 Å². The topological polar surface area (TPSA) is 20.3 Å². The van der Waals surface area contributed by atoms with Gasteiger partial charge in [0.25, 0.3) is 0 Å². The summed E-state index contributed by atoms with van der Waals surface area (Å²) in [6.07, 6.45) is 1.17. The molecule has 1 saturated carbocycles. The highest BCUT2D eigenvalue weighted by atomic mass is 16.1. The van der Waals surface area contributed by atoms with E-state index in [9.17, 15) is 4.79 Å². The Labute approximate surface area is 67.6 Å². The Kier molecular flexibility index (Phi) is 1.53. The number of rotatable bonds is 1. The molecule has 3 aliphatic rings. The van der Waals surface area contributed by atoms with Gasteiger partial charge in [-0.25, -0.2) is 0 Å². The molecule has 0 unspecified atom stereocenters. The average Bonchev–Trinajstić information content (AvgIpc) is 2.03. The van der Waals surface area contributed by atoms with Crippen LogP contribution in [-0.4, -0.2) is 29.8 Å². The first-order valence-corrected chi connectivity index (χ1v) is 4.46. The Balaban J connectivity index is 1.99. The molecule has 62 valence electrons. The predicted molar refractivity (Wildman–Crippen MR) is 43.3 cm³/mol. The summed E-state index contributed by atoms with van der Waals surface area (Å²) in [5.74, 6) is 1.33. The molecule has 0 aromatic carbocycles. The summed E-state index contributed by atoms with van der Waals surface area (Å²) in [6.45, 7) is 6.45. The molecule has 2 nitrogen and oxygen atoms in total. The van der Waals surface area contributed by atoms with Gasteiger partial charge >= 0.3 is 0 Å². The molecule has 2 heteroatoms. The molecule has 1 aliphatic carbocycles. The van der Waals surface area contributed by atoms with Crippen LogP contribution < -0.4 is 0 Å². The Hall–Kier alpha value is -0.370. The number of Topliss-reactive ketones (excluding diaryl/α,β-unsaturated/α-hetero) is 1. The van der Waals surface area contributed by atoms with E-state index in [-0.39, 0.29) is 0 Å². The lowest BCUT2D eigenvalue weighted by atomic mass is 9.69. The van der Waals surface area contributed by atoms with Crippen molar-refractivity contribution in [2.24, 2.45) is 11.8 Å². The van der Waals surface area contributed by atoms with Crippen LogP contribution in [-0.2, 0) is 4.79 Å². The van der Waals surface area contributed by atoms with E-state index in [1.54, 1.807) is 0 Å². The van der Waals surface area contributed by atoms with E-state index in [4.69, 9.17) is 0 Å². The molecule has 11 heavy (non-hydrogen) atoms. The lowest BCUT2D eigenvalue weighted by molar-refractivity contribution is -0.144. The molecule has 2 bridgehead atoms. The van der Waals surface area contributed by atoms with E-state index in [1.807, 2.05) is 0 Å². The summed E-state index contributed by atoms with van der Waals surface area (Å²) in [7, 11) is 0. The van der Waals surface area contributed by atoms with Crippen molar-refractivity contribution in [3.63, 3.8) is 0 Å². The van der Waals surface area contributed by atoms with Crippen molar-refractivity contribution in [3.05, 3.63) is 0 Å². The van der Waals surface area contributed by atoms with E-state index in [2.05, 4.69) is 18.7 Å². The Morgan fingerprint density at radius 2 is 1.91 bits per heavy atom. The SMILES string of the molecule is CC(C)N1C[C@H]2C[C@@H](C1)C2=O. The van der Waals surface area contributed by atoms with Gasteiger partial charge in [-0.1, -0.05) is 0 Å². The zero-order chi connectivity index (χ0) is 8.01. The van der Waals surface area contributed by atoms with Gasteiger partial charge in [-0.2, -0.15) is 0 Å². The Morgan fingerprint density at radius 1 is 1.36 bits per heavy atom. The first kappa shape index (κ1) is 7.29. The molecule has 2 atom stereocenters. The predicted octanol–water partition coefficient (Wildman–Crippen LogP) is 0.916. The second-order valence-corrected chi connectivity index (χ2v) is 4.08. The molecule has 0 radical (unpaired) electrons. The summed E-state index contributed by atoms with van der Waals surface area (Å²) < 4.78 is 0. The van der Waals surface area contributed by atoms with E-state index in [0.29, 0.717) is 23.7 Å². The maximum absolute atomic E-state index is 11.2. The zero-order valence-electron chi connectivity index (χ0n) is 7.21. The number of fused-ring (bicyclic) bond motifs is 2. The largest absolute Gasteiger partial charge is 0.300 e. The zero-order valence-corrected chi connectivity index (χ0v) is 7.21. The first-order chi connectivity index (χ1) is 5.18. The fraction of sp³-hybridized carbons (Fsp3) is 0.889. The van der Waals surface area contributed by atoms with Crippen LogP contribution in [0.25, 0.3) is 0 Å². The smallest absolute Gasteiger partial charge is 0.141 e. The molecular formula is C9H15NO. The quantitative estimate of drug-likeness (QED) is 0.558. The highest BCUT2D eigenvalue weighted by molar-refractivity contribution is 5.90. The number of nitrogens with zero attached hydrogens (tertiary/aromatic N) is 1. The summed E-state index contributed by atoms with van der Waals surface area (Å²) >= 11 is 0. The Morgan fingerprint density at radius 3 is 2.27 bits per heavy atom. The molecule has 2 heterocycles. The number of ketones is 1. The van der Waals surface area contributed by atoms with Crippen LogP contribution in [0.4, 0.5) is 0 Å². The fourth-order valence-corrected chi connectivity index (χ4v) is 2.14. The average molecular weight is 153 g/mol. The van der Waals surface area contributed by atoms with Crippen LogP contribution in [0.2, 0.25) is 0 Å². The third-order valence-electron chi connectivity index (χ3n) is 3.01. The summed E-state index contributed by atoms with van der Waals surface area (Å²) in [5, 5.41) is 0. The minimum Gasteiger partial charge on any atom is -0.300 e. The molecule has 2 aliphatic heterocycles. The molecular weight excluding hydrogens is 138 g/mol. The van der Waals surface area contributed by atoms with Gasteiger partial charge in [0.1, 0.15) is 5.78 Å². The third kappa shape index (κ3) is 1.00. The molecule has 0 spiro atoms. The molecule has 2 saturated heterocycles. The van der Waals surface area contributed by atoms with Crippen LogP contribution in [0.1, 0.15) is 20.3 Å². The molecule has 0 aromatic heterocycles. The highest BCUT2D eigenvalue weighted by Gasteiger charge is 2.45. The van der Waals surface area contributed by atoms with E-state index < -0.39 is 0 Å². The second kappa shape index (κ2) is 2.31. The van der Waals surface area contributed by atoms with Crippen LogP contribution in [0, 0.1) is 11.8 Å². The molecule has 0 amide bonds. The van der Waals surface area contributed by atoms with Crippen LogP contribution in [0.5, 0.6) is 0 Å². The number of hydrogen-bond acceptors (Lipinski definition) is 2. The summed E-state index contributed by atoms with van der Waals surface area (Å²) in [6, 6.07) is 0.619. The molecule has 3 rings (SSSR count). The normalized spacial score (nSPS) is 37.5. The Bertz CT molecular complexity index is 174. The maximum atomic E-state index is 11.2. The van der Waals surface area contributed by atoms with Gasteiger partial charge in [-0.15, -0.1) is 0 Å². The van der Waals surface area contributed by atoms with Crippen molar-refractivity contribution >= 4 is 5.78 Å². The van der Waals surface area contributed by atoms with Gasteiger partial charge in [0.15, 0.2) is 0 Å². The number of hydrogen-bond donors (Lipinski definition) is 0. The van der Waals surface area contributed by atoms with Crippen molar-refractivity contribution in [3.8, 4) is 0 Å². The number of carbonyl (C=O) groups is 1. The maximum Gasteiger partial charge on any atom is 0.141 e. The lowest BCUT2D eigenvalue weighted by Gasteiger charge is -2.47. The van der Waals surface area contributed by atoms with Crippen molar-refractivity contribution < 1.29 is 4.79 Å². The number of piperidine rings is 2. The van der Waals surface area contributed by atoms with E-state index in [0.717, 1.165) is 13.1 Å². The molecule has 3 fully saturated rings. The third-order valence-corrected chi connectivity index (χ3v) is 3.01. The van der Waals surface area contributed by atoms with Crippen LogP contribution in [0.3, 0.4) is 0 Å². The molecule has 0 N–H and O–H groups in total. The van der Waals surface area contributed by atoms with Gasteiger partial charge in [0.05, 0.1) is 0 Å². The van der Waals surface area contributed by atoms with Crippen molar-refractivity contribution in [1.82, 2.24) is 4.90 Å². The van der Waals surface area contributed by atoms with Gasteiger partial charge in [0, 0.05) is 31.0 Å². The molecule has 0 aromatic rings. The van der Waals surface area contributed by atoms with Crippen molar-refractivity contribution in [1.29, 1.82) is 0 Å². The lowest BCUT2D eigenvalue weighted by Crippen LogP contribution is -2.57. The fourth-order valence-electron chi connectivity index (χ4n) is 2.14. The van der Waals surface area contributed by atoms with Gasteiger partial charge in [0.2, 0.25) is 0 Å². The second-order valence-electron chi connectivity index (χ2n) is 4.08. The minimum absolute atomic E-state index is 0.399. The van der Waals surface area contributed by atoms with Gasteiger partial charge in [-0.05, 0) is 20.3 Å². The van der Waals surface area contributed by atoms with Gasteiger partial charge < -0.3 is 0 Å². The highest BCUT2D eigenvalue weighted by Crippen LogP contribution is 2.36. The van der Waals surface area contributed by atoms with E-state index >= 15 is 0 Å². The van der Waals surface area contributed by atoms with Crippen molar-refractivity contribution in [2.75, 3.05) is 13.1 Å². The summed E-state index contributed by atoms with van der Waals surface area (Å²) in [4.78, 5) is 13.6. The van der Waals surface area contributed by atoms with Crippen molar-refractivity contribution in [2.45, 2.75) is 26.3 Å². The standard InChI is InChI=1S/C9H15NO/c1-6(2)10-4-7-3-8(5-10)9(7)11/h6-8H,3-5H2,1-2H3/t7-,8+. The summed E-state index contributed by atoms with van der Waals surface area (Å²) in [5.41, 5.74) is 0. The first-order valence-electron chi connectivity index (χ1n) is 4.46. The van der Waals surface area contributed by atoms with Crippen LogP contribution in [0.15, 0.2) is 0 Å². The number of carbonyl (C=O) groups excluding carboxylic acids is 1. The minimum atomic E-state index is 0.399. The monoisotopic (exact) mass is 153 g/mol. The van der Waals surface area contributed by atoms with E-state index in [1.165, 1.54) is 6.42 Å².